The lowest BCUT2D eigenvalue weighted by molar-refractivity contribution is 0.134. The number of para-hydroxylation sites is 1. The smallest absolute Gasteiger partial charge is 0.0736 e. The zero-order valence-electron chi connectivity index (χ0n) is 10.4. The molecule has 2 rings (SSSR count). The van der Waals surface area contributed by atoms with Crippen molar-refractivity contribution in [3.63, 3.8) is 0 Å². The topological polar surface area (TPSA) is 21.3 Å². The molecule has 1 unspecified atom stereocenters. The number of hydrogen-bond acceptors (Lipinski definition) is 3. The van der Waals surface area contributed by atoms with Gasteiger partial charge in [-0.15, -0.1) is 0 Å². The molecule has 1 aromatic rings. The minimum Gasteiger partial charge on any atom is -0.381 e. The summed E-state index contributed by atoms with van der Waals surface area (Å²) < 4.78 is 5.50. The Bertz CT molecular complexity index is 337. The van der Waals surface area contributed by atoms with Gasteiger partial charge < -0.3 is 10.1 Å². The fraction of sp³-hybridized carbons (Fsp3) is 0.571. The molecule has 0 radical (unpaired) electrons. The van der Waals surface area contributed by atoms with Gasteiger partial charge in [0.05, 0.1) is 6.61 Å². The first-order valence-corrected chi connectivity index (χ1v) is 7.55. The predicted molar refractivity (Wildman–Crippen MR) is 75.7 cm³/mol. The van der Waals surface area contributed by atoms with Crippen LogP contribution in [0.5, 0.6) is 0 Å². The van der Waals surface area contributed by atoms with Gasteiger partial charge in [-0.1, -0.05) is 18.2 Å². The van der Waals surface area contributed by atoms with E-state index in [4.69, 9.17) is 4.74 Å². The molecule has 1 aliphatic heterocycles. The summed E-state index contributed by atoms with van der Waals surface area (Å²) in [6, 6.07) is 9.10. The average Bonchev–Trinajstić information content (AvgIpc) is 2.39. The van der Waals surface area contributed by atoms with Crippen LogP contribution in [0.15, 0.2) is 24.3 Å². The van der Waals surface area contributed by atoms with Gasteiger partial charge in [0.25, 0.3) is 0 Å². The molecule has 0 aromatic heterocycles. The largest absolute Gasteiger partial charge is 0.381 e. The van der Waals surface area contributed by atoms with Crippen LogP contribution in [0.25, 0.3) is 0 Å². The molecule has 94 valence electrons. The minimum absolute atomic E-state index is 0.622. The highest BCUT2D eigenvalue weighted by atomic mass is 32.2. The standard InChI is InChI=1S/C14H21NOS/c1-2-16-10-12-6-3-4-8-14(12)15-13-7-5-9-17-11-13/h3-4,6,8,13,15H,2,5,7,9-11H2,1H3. The second-order valence-electron chi connectivity index (χ2n) is 4.35. The first-order valence-electron chi connectivity index (χ1n) is 6.40. The highest BCUT2D eigenvalue weighted by Crippen LogP contribution is 2.23. The van der Waals surface area contributed by atoms with Gasteiger partial charge >= 0.3 is 0 Å². The fourth-order valence-electron chi connectivity index (χ4n) is 2.07. The van der Waals surface area contributed by atoms with E-state index >= 15 is 0 Å². The van der Waals surface area contributed by atoms with E-state index < -0.39 is 0 Å². The fourth-order valence-corrected chi connectivity index (χ4v) is 3.15. The Morgan fingerprint density at radius 3 is 3.06 bits per heavy atom. The molecule has 0 bridgehead atoms. The molecule has 2 nitrogen and oxygen atoms in total. The Kier molecular flexibility index (Phi) is 5.20. The third kappa shape index (κ3) is 3.93. The lowest BCUT2D eigenvalue weighted by atomic mass is 10.1. The minimum atomic E-state index is 0.622. The highest BCUT2D eigenvalue weighted by molar-refractivity contribution is 7.99. The Morgan fingerprint density at radius 2 is 2.29 bits per heavy atom. The van der Waals surface area contributed by atoms with Crippen LogP contribution >= 0.6 is 11.8 Å². The summed E-state index contributed by atoms with van der Waals surface area (Å²) in [6.45, 7) is 3.51. The second kappa shape index (κ2) is 6.92. The molecule has 17 heavy (non-hydrogen) atoms. The van der Waals surface area contributed by atoms with Gasteiger partial charge in [0.15, 0.2) is 0 Å². The summed E-state index contributed by atoms with van der Waals surface area (Å²) in [7, 11) is 0. The Hall–Kier alpha value is -0.670. The quantitative estimate of drug-likeness (QED) is 0.865. The Labute approximate surface area is 108 Å². The van der Waals surface area contributed by atoms with Crippen LogP contribution in [-0.2, 0) is 11.3 Å². The van der Waals surface area contributed by atoms with E-state index in [0.717, 1.165) is 6.61 Å². The number of anilines is 1. The Morgan fingerprint density at radius 1 is 1.41 bits per heavy atom. The van der Waals surface area contributed by atoms with Crippen molar-refractivity contribution in [2.45, 2.75) is 32.4 Å². The van der Waals surface area contributed by atoms with Crippen molar-refractivity contribution in [2.75, 3.05) is 23.4 Å². The van der Waals surface area contributed by atoms with E-state index in [0.29, 0.717) is 12.6 Å². The molecule has 0 saturated carbocycles. The van der Waals surface area contributed by atoms with Crippen molar-refractivity contribution in [1.29, 1.82) is 0 Å². The van der Waals surface area contributed by atoms with Crippen molar-refractivity contribution in [3.05, 3.63) is 29.8 Å². The first kappa shape index (κ1) is 12.8. The van der Waals surface area contributed by atoms with E-state index in [9.17, 15) is 0 Å². The highest BCUT2D eigenvalue weighted by Gasteiger charge is 2.14. The van der Waals surface area contributed by atoms with E-state index in [1.54, 1.807) is 0 Å². The normalized spacial score (nSPS) is 20.2. The Balaban J connectivity index is 1.98. The molecule has 0 spiro atoms. The predicted octanol–water partition coefficient (Wildman–Crippen LogP) is 3.53. The third-order valence-electron chi connectivity index (χ3n) is 3.00. The zero-order chi connectivity index (χ0) is 11.9. The van der Waals surface area contributed by atoms with Gasteiger partial charge in [-0.05, 0) is 31.6 Å². The van der Waals surface area contributed by atoms with Gasteiger partial charge in [0.1, 0.15) is 0 Å². The van der Waals surface area contributed by atoms with Crippen molar-refractivity contribution in [3.8, 4) is 0 Å². The van der Waals surface area contributed by atoms with Gasteiger partial charge in [0, 0.05) is 29.7 Å². The van der Waals surface area contributed by atoms with Crippen LogP contribution in [0, 0.1) is 0 Å². The van der Waals surface area contributed by atoms with Gasteiger partial charge in [0.2, 0.25) is 0 Å². The van der Waals surface area contributed by atoms with E-state index in [-0.39, 0.29) is 0 Å². The molecule has 1 N–H and O–H groups in total. The molecule has 1 saturated heterocycles. The molecule has 0 amide bonds. The lowest BCUT2D eigenvalue weighted by Crippen LogP contribution is -2.26. The molecule has 1 aliphatic rings. The average molecular weight is 251 g/mol. The monoisotopic (exact) mass is 251 g/mol. The number of nitrogens with one attached hydrogen (secondary N) is 1. The number of benzene rings is 1. The van der Waals surface area contributed by atoms with E-state index in [1.165, 1.54) is 35.6 Å². The summed E-state index contributed by atoms with van der Waals surface area (Å²) >= 11 is 2.05. The van der Waals surface area contributed by atoms with Crippen LogP contribution in [0.2, 0.25) is 0 Å². The summed E-state index contributed by atoms with van der Waals surface area (Å²) in [4.78, 5) is 0. The lowest BCUT2D eigenvalue weighted by Gasteiger charge is -2.24. The number of thioether (sulfide) groups is 1. The molecule has 1 aromatic carbocycles. The van der Waals surface area contributed by atoms with Crippen LogP contribution in [0.1, 0.15) is 25.3 Å². The van der Waals surface area contributed by atoms with Crippen molar-refractivity contribution < 1.29 is 4.74 Å². The van der Waals surface area contributed by atoms with Gasteiger partial charge in [-0.2, -0.15) is 11.8 Å². The van der Waals surface area contributed by atoms with Crippen LogP contribution in [0.4, 0.5) is 5.69 Å². The number of rotatable bonds is 5. The van der Waals surface area contributed by atoms with Gasteiger partial charge in [-0.25, -0.2) is 0 Å². The van der Waals surface area contributed by atoms with Crippen LogP contribution < -0.4 is 5.32 Å². The number of ether oxygens (including phenoxy) is 1. The first-order chi connectivity index (χ1) is 8.40. The maximum atomic E-state index is 5.50. The third-order valence-corrected chi connectivity index (χ3v) is 4.21. The SMILES string of the molecule is CCOCc1ccccc1NC1CCCSC1. The maximum absolute atomic E-state index is 5.50. The summed E-state index contributed by atoms with van der Waals surface area (Å²) in [6.07, 6.45) is 2.62. The molecule has 1 heterocycles. The maximum Gasteiger partial charge on any atom is 0.0736 e. The number of hydrogen-bond donors (Lipinski definition) is 1. The molecule has 1 atom stereocenters. The van der Waals surface area contributed by atoms with Crippen LogP contribution in [-0.4, -0.2) is 24.2 Å². The summed E-state index contributed by atoms with van der Waals surface area (Å²) in [5.74, 6) is 2.54. The molecular weight excluding hydrogens is 230 g/mol. The van der Waals surface area contributed by atoms with Crippen LogP contribution in [0.3, 0.4) is 0 Å². The van der Waals surface area contributed by atoms with Crippen molar-refractivity contribution in [1.82, 2.24) is 0 Å². The molecule has 3 heteroatoms. The molecular formula is C14H21NOS. The van der Waals surface area contributed by atoms with Crippen molar-refractivity contribution in [2.24, 2.45) is 0 Å². The van der Waals surface area contributed by atoms with Crippen molar-refractivity contribution >= 4 is 17.4 Å². The summed E-state index contributed by atoms with van der Waals surface area (Å²) in [5.41, 5.74) is 2.51. The van der Waals surface area contributed by atoms with E-state index in [1.807, 2.05) is 6.92 Å². The molecule has 0 aliphatic carbocycles. The second-order valence-corrected chi connectivity index (χ2v) is 5.50. The molecule has 1 fully saturated rings. The zero-order valence-corrected chi connectivity index (χ0v) is 11.3. The van der Waals surface area contributed by atoms with E-state index in [2.05, 4.69) is 41.3 Å². The summed E-state index contributed by atoms with van der Waals surface area (Å²) in [5, 5.41) is 3.66. The van der Waals surface area contributed by atoms with Gasteiger partial charge in [-0.3, -0.25) is 0 Å².